The van der Waals surface area contributed by atoms with Crippen molar-refractivity contribution in [3.05, 3.63) is 51.8 Å². The largest absolute Gasteiger partial charge is 0.366 e. The van der Waals surface area contributed by atoms with E-state index in [-0.39, 0.29) is 35.1 Å². The third-order valence-electron chi connectivity index (χ3n) is 6.62. The molecule has 0 unspecified atom stereocenters. The van der Waals surface area contributed by atoms with Crippen LogP contribution in [0.5, 0.6) is 0 Å². The van der Waals surface area contributed by atoms with Gasteiger partial charge in [0, 0.05) is 17.5 Å². The number of aromatic nitrogens is 3. The van der Waals surface area contributed by atoms with Crippen LogP contribution in [0.2, 0.25) is 5.02 Å². The molecular weight excluding hydrogens is 507 g/mol. The van der Waals surface area contributed by atoms with Crippen molar-refractivity contribution in [1.29, 1.82) is 0 Å². The van der Waals surface area contributed by atoms with Gasteiger partial charge in [-0.2, -0.15) is 9.61 Å². The monoisotopic (exact) mass is 532 g/mol. The number of sulfonamides is 1. The highest BCUT2D eigenvalue weighted by atomic mass is 35.5. The number of hydrogen-bond donors (Lipinski definition) is 3. The van der Waals surface area contributed by atoms with Crippen LogP contribution in [0, 0.1) is 6.92 Å². The van der Waals surface area contributed by atoms with Crippen LogP contribution < -0.4 is 15.8 Å². The molecule has 3 aromatic rings. The maximum atomic E-state index is 11.7. The van der Waals surface area contributed by atoms with Gasteiger partial charge in [-0.1, -0.05) is 23.7 Å². The first-order chi connectivity index (χ1) is 14.8. The zero-order chi connectivity index (χ0) is 21.8. The number of rotatable bonds is 4. The van der Waals surface area contributed by atoms with Gasteiger partial charge in [-0.3, -0.25) is 0 Å². The summed E-state index contributed by atoms with van der Waals surface area (Å²) in [7, 11) is -3.73. The molecule has 0 saturated carbocycles. The molecule has 5 rings (SSSR count). The SMILES string of the molecule is Cc1cc(CNc2c3c(nc4c(Cl)cnn24)C2(CCNCC2)CC3)ccc1S(N)(=O)=O.Cl.Cl. The summed E-state index contributed by atoms with van der Waals surface area (Å²) >= 11 is 6.42. The Hall–Kier alpha value is -1.62. The molecule has 0 bridgehead atoms. The van der Waals surface area contributed by atoms with Gasteiger partial charge in [0.25, 0.3) is 0 Å². The number of benzene rings is 1. The van der Waals surface area contributed by atoms with Crippen molar-refractivity contribution < 1.29 is 8.42 Å². The molecule has 1 spiro atoms. The van der Waals surface area contributed by atoms with E-state index in [2.05, 4.69) is 15.7 Å². The Morgan fingerprint density at radius 2 is 1.97 bits per heavy atom. The molecular formula is C21H27Cl3N6O2S. The van der Waals surface area contributed by atoms with Gasteiger partial charge in [0.15, 0.2) is 5.65 Å². The van der Waals surface area contributed by atoms with E-state index in [1.807, 2.05) is 6.07 Å². The Morgan fingerprint density at radius 1 is 1.24 bits per heavy atom. The van der Waals surface area contributed by atoms with Gasteiger partial charge in [0.2, 0.25) is 10.0 Å². The Labute approximate surface area is 210 Å². The number of nitrogens with one attached hydrogen (secondary N) is 2. The second-order valence-corrected chi connectivity index (χ2v) is 10.5. The van der Waals surface area contributed by atoms with Crippen LogP contribution >= 0.6 is 36.4 Å². The molecule has 1 fully saturated rings. The standard InChI is InChI=1S/C21H25ClN6O2S.2ClH/c1-13-10-14(2-3-17(13)31(23,29)30)11-25-19-15-4-5-21(6-8-24-9-7-21)18(15)27-20-16(22)12-26-28(19)20;;/h2-3,10,12,24-25H,4-9,11H2,1H3,(H2,23,29,30);2*1H. The van der Waals surface area contributed by atoms with E-state index in [1.165, 1.54) is 5.56 Å². The topological polar surface area (TPSA) is 114 Å². The number of piperidine rings is 1. The molecule has 12 heteroatoms. The van der Waals surface area contributed by atoms with E-state index in [9.17, 15) is 8.42 Å². The number of aryl methyl sites for hydroxylation is 1. The number of hydrogen-bond acceptors (Lipinski definition) is 6. The van der Waals surface area contributed by atoms with Crippen LogP contribution in [0.25, 0.3) is 5.65 Å². The lowest BCUT2D eigenvalue weighted by Crippen LogP contribution is -2.39. The molecule has 3 heterocycles. The molecule has 1 saturated heterocycles. The number of primary sulfonamides is 1. The molecule has 8 nitrogen and oxygen atoms in total. The van der Waals surface area contributed by atoms with Gasteiger partial charge in [-0.05, 0) is 62.9 Å². The third-order valence-corrected chi connectivity index (χ3v) is 7.96. The lowest BCUT2D eigenvalue weighted by Gasteiger charge is -2.34. The predicted molar refractivity (Wildman–Crippen MR) is 134 cm³/mol. The molecule has 1 aliphatic carbocycles. The minimum atomic E-state index is -3.73. The second-order valence-electron chi connectivity index (χ2n) is 8.54. The highest BCUT2D eigenvalue weighted by Gasteiger charge is 2.43. The molecule has 0 amide bonds. The first kappa shape index (κ1) is 26.0. The van der Waals surface area contributed by atoms with Crippen LogP contribution in [0.1, 0.15) is 41.6 Å². The zero-order valence-electron chi connectivity index (χ0n) is 18.1. The fourth-order valence-electron chi connectivity index (χ4n) is 5.06. The van der Waals surface area contributed by atoms with Crippen molar-refractivity contribution in [3.8, 4) is 0 Å². The normalized spacial score (nSPS) is 16.8. The molecule has 33 heavy (non-hydrogen) atoms. The highest BCUT2D eigenvalue weighted by molar-refractivity contribution is 7.89. The first-order valence-electron chi connectivity index (χ1n) is 10.4. The van der Waals surface area contributed by atoms with Gasteiger partial charge in [-0.25, -0.2) is 18.5 Å². The summed E-state index contributed by atoms with van der Waals surface area (Å²) in [6, 6.07) is 5.18. The number of nitrogens with two attached hydrogens (primary N) is 1. The molecule has 0 radical (unpaired) electrons. The van der Waals surface area contributed by atoms with Crippen molar-refractivity contribution in [2.24, 2.45) is 5.14 Å². The summed E-state index contributed by atoms with van der Waals surface area (Å²) in [5.74, 6) is 0.912. The molecule has 2 aromatic heterocycles. The Morgan fingerprint density at radius 3 is 2.64 bits per heavy atom. The van der Waals surface area contributed by atoms with E-state index in [0.717, 1.165) is 55.8 Å². The summed E-state index contributed by atoms with van der Waals surface area (Å²) < 4.78 is 25.2. The minimum absolute atomic E-state index is 0. The lowest BCUT2D eigenvalue weighted by atomic mass is 9.77. The van der Waals surface area contributed by atoms with Crippen LogP contribution in [0.3, 0.4) is 0 Å². The van der Waals surface area contributed by atoms with Gasteiger partial charge in [0.1, 0.15) is 10.8 Å². The average Bonchev–Trinajstić information content (AvgIpc) is 3.27. The molecule has 0 atom stereocenters. The van der Waals surface area contributed by atoms with Crippen molar-refractivity contribution in [3.63, 3.8) is 0 Å². The summed E-state index contributed by atoms with van der Waals surface area (Å²) in [6.45, 7) is 4.26. The van der Waals surface area contributed by atoms with Gasteiger partial charge < -0.3 is 10.6 Å². The molecule has 1 aliphatic heterocycles. The van der Waals surface area contributed by atoms with E-state index >= 15 is 0 Å². The smallest absolute Gasteiger partial charge is 0.238 e. The number of halogens is 3. The average molecular weight is 534 g/mol. The summed E-state index contributed by atoms with van der Waals surface area (Å²) in [5.41, 5.74) is 4.70. The van der Waals surface area contributed by atoms with E-state index in [4.69, 9.17) is 21.7 Å². The lowest BCUT2D eigenvalue weighted by molar-refractivity contribution is 0.301. The first-order valence-corrected chi connectivity index (χ1v) is 12.3. The highest BCUT2D eigenvalue weighted by Crippen LogP contribution is 2.46. The van der Waals surface area contributed by atoms with E-state index < -0.39 is 10.0 Å². The summed E-state index contributed by atoms with van der Waals surface area (Å²) in [6.07, 6.45) is 5.80. The quantitative estimate of drug-likeness (QED) is 0.474. The summed E-state index contributed by atoms with van der Waals surface area (Å²) in [5, 5.41) is 17.3. The van der Waals surface area contributed by atoms with Crippen molar-refractivity contribution in [1.82, 2.24) is 19.9 Å². The third kappa shape index (κ3) is 4.54. The molecule has 1 aromatic carbocycles. The van der Waals surface area contributed by atoms with E-state index in [0.29, 0.717) is 22.8 Å². The second kappa shape index (κ2) is 9.56. The fraction of sp³-hybridized carbons (Fsp3) is 0.429. The van der Waals surface area contributed by atoms with E-state index in [1.54, 1.807) is 29.8 Å². The van der Waals surface area contributed by atoms with Crippen molar-refractivity contribution in [2.75, 3.05) is 18.4 Å². The van der Waals surface area contributed by atoms with Crippen molar-refractivity contribution >= 4 is 57.9 Å². The zero-order valence-corrected chi connectivity index (χ0v) is 21.3. The number of nitrogens with zero attached hydrogens (tertiary/aromatic N) is 3. The molecule has 180 valence electrons. The predicted octanol–water partition coefficient (Wildman–Crippen LogP) is 3.36. The Balaban J connectivity index is 0.00000153. The molecule has 4 N–H and O–H groups in total. The minimum Gasteiger partial charge on any atom is -0.366 e. The van der Waals surface area contributed by atoms with Crippen LogP contribution in [0.4, 0.5) is 5.82 Å². The Kier molecular flexibility index (Phi) is 7.53. The number of anilines is 1. The van der Waals surface area contributed by atoms with Crippen LogP contribution in [0.15, 0.2) is 29.3 Å². The van der Waals surface area contributed by atoms with Crippen LogP contribution in [-0.4, -0.2) is 36.1 Å². The molecule has 2 aliphatic rings. The van der Waals surface area contributed by atoms with Gasteiger partial charge >= 0.3 is 0 Å². The number of fused-ring (bicyclic) bond motifs is 3. The maximum Gasteiger partial charge on any atom is 0.238 e. The van der Waals surface area contributed by atoms with Crippen molar-refractivity contribution in [2.45, 2.75) is 49.5 Å². The Bertz CT molecular complexity index is 1290. The maximum absolute atomic E-state index is 11.7. The van der Waals surface area contributed by atoms with Gasteiger partial charge in [-0.15, -0.1) is 24.8 Å². The van der Waals surface area contributed by atoms with Gasteiger partial charge in [0.05, 0.1) is 16.8 Å². The fourth-order valence-corrected chi connectivity index (χ4v) is 5.99. The van der Waals surface area contributed by atoms with Crippen LogP contribution in [-0.2, 0) is 28.4 Å². The summed E-state index contributed by atoms with van der Waals surface area (Å²) in [4.78, 5) is 5.13.